The molecule has 0 aromatic carbocycles. The number of aromatic nitrogens is 1. The van der Waals surface area contributed by atoms with Gasteiger partial charge < -0.3 is 20.1 Å². The summed E-state index contributed by atoms with van der Waals surface area (Å²) >= 11 is 1.60. The van der Waals surface area contributed by atoms with Gasteiger partial charge in [0.05, 0.1) is 25.5 Å². The minimum atomic E-state index is -0.922. The standard InChI is InChI=1S/C17H28N4O3S/c1-13(2)18-16(22)21-5-3-17(23,4-6-21)14-12-25-15(19-14)11-20-7-9-24-10-8-20/h12-13,23H,3-11H2,1-2H3,(H,18,22). The molecule has 140 valence electrons. The van der Waals surface area contributed by atoms with Crippen LogP contribution in [0.1, 0.15) is 37.4 Å². The number of carbonyl (C=O) groups is 1. The number of piperidine rings is 1. The maximum Gasteiger partial charge on any atom is 0.317 e. The second-order valence-electron chi connectivity index (χ2n) is 7.14. The first-order valence-electron chi connectivity index (χ1n) is 8.99. The Morgan fingerprint density at radius 1 is 1.36 bits per heavy atom. The molecule has 2 aliphatic rings. The van der Waals surface area contributed by atoms with Crippen molar-refractivity contribution < 1.29 is 14.6 Å². The third-order valence-corrected chi connectivity index (χ3v) is 5.61. The summed E-state index contributed by atoms with van der Waals surface area (Å²) in [7, 11) is 0. The lowest BCUT2D eigenvalue weighted by molar-refractivity contribution is -0.0202. The molecule has 7 nitrogen and oxygen atoms in total. The van der Waals surface area contributed by atoms with Gasteiger partial charge in [-0.15, -0.1) is 11.3 Å². The van der Waals surface area contributed by atoms with Crippen LogP contribution in [0.3, 0.4) is 0 Å². The van der Waals surface area contributed by atoms with Crippen LogP contribution >= 0.6 is 11.3 Å². The van der Waals surface area contributed by atoms with E-state index in [4.69, 9.17) is 4.74 Å². The van der Waals surface area contributed by atoms with Crippen molar-refractivity contribution >= 4 is 17.4 Å². The Balaban J connectivity index is 1.56. The molecule has 3 heterocycles. The molecule has 0 bridgehead atoms. The minimum Gasteiger partial charge on any atom is -0.383 e. The molecule has 8 heteroatoms. The number of urea groups is 1. The van der Waals surface area contributed by atoms with Crippen LogP contribution in [-0.2, 0) is 16.9 Å². The van der Waals surface area contributed by atoms with Crippen molar-refractivity contribution in [2.45, 2.75) is 44.9 Å². The fourth-order valence-electron chi connectivity index (χ4n) is 3.22. The van der Waals surface area contributed by atoms with Crippen LogP contribution in [0.25, 0.3) is 0 Å². The molecule has 0 radical (unpaired) electrons. The molecule has 0 atom stereocenters. The summed E-state index contributed by atoms with van der Waals surface area (Å²) in [5, 5.41) is 16.9. The second-order valence-corrected chi connectivity index (χ2v) is 8.08. The van der Waals surface area contributed by atoms with Crippen LogP contribution in [0, 0.1) is 0 Å². The van der Waals surface area contributed by atoms with Gasteiger partial charge in [0.15, 0.2) is 0 Å². The van der Waals surface area contributed by atoms with Gasteiger partial charge in [0.1, 0.15) is 10.6 Å². The third-order valence-electron chi connectivity index (χ3n) is 4.78. The van der Waals surface area contributed by atoms with E-state index in [-0.39, 0.29) is 12.1 Å². The normalized spacial score (nSPS) is 21.5. The van der Waals surface area contributed by atoms with Crippen molar-refractivity contribution in [3.63, 3.8) is 0 Å². The molecular weight excluding hydrogens is 340 g/mol. The van der Waals surface area contributed by atoms with Crippen LogP contribution < -0.4 is 5.32 Å². The molecule has 2 aliphatic heterocycles. The van der Waals surface area contributed by atoms with Crippen LogP contribution in [0.15, 0.2) is 5.38 Å². The van der Waals surface area contributed by atoms with E-state index in [2.05, 4.69) is 15.2 Å². The number of hydrogen-bond acceptors (Lipinski definition) is 6. The number of ether oxygens (including phenoxy) is 1. The van der Waals surface area contributed by atoms with E-state index in [1.807, 2.05) is 19.2 Å². The van der Waals surface area contributed by atoms with Gasteiger partial charge in [0.2, 0.25) is 0 Å². The molecule has 0 unspecified atom stereocenters. The van der Waals surface area contributed by atoms with Gasteiger partial charge in [-0.1, -0.05) is 0 Å². The highest BCUT2D eigenvalue weighted by atomic mass is 32.1. The maximum absolute atomic E-state index is 12.1. The number of amides is 2. The van der Waals surface area contributed by atoms with E-state index >= 15 is 0 Å². The number of aliphatic hydroxyl groups is 1. The van der Waals surface area contributed by atoms with E-state index in [1.54, 1.807) is 16.2 Å². The lowest BCUT2D eigenvalue weighted by Crippen LogP contribution is -2.50. The van der Waals surface area contributed by atoms with Gasteiger partial charge in [0, 0.05) is 37.6 Å². The van der Waals surface area contributed by atoms with E-state index in [0.29, 0.717) is 25.9 Å². The van der Waals surface area contributed by atoms with E-state index < -0.39 is 5.60 Å². The Labute approximate surface area is 153 Å². The summed E-state index contributed by atoms with van der Waals surface area (Å²) in [6.45, 7) is 9.21. The summed E-state index contributed by atoms with van der Waals surface area (Å²) in [6, 6.07) is 0.0675. The zero-order valence-corrected chi connectivity index (χ0v) is 15.8. The Morgan fingerprint density at radius 2 is 2.04 bits per heavy atom. The topological polar surface area (TPSA) is 77.9 Å². The summed E-state index contributed by atoms with van der Waals surface area (Å²) in [5.41, 5.74) is -0.168. The van der Waals surface area contributed by atoms with Gasteiger partial charge in [-0.05, 0) is 26.7 Å². The highest BCUT2D eigenvalue weighted by molar-refractivity contribution is 7.09. The highest BCUT2D eigenvalue weighted by Gasteiger charge is 2.37. The number of likely N-dealkylation sites (tertiary alicyclic amines) is 1. The van der Waals surface area contributed by atoms with Gasteiger partial charge in [-0.2, -0.15) is 0 Å². The molecule has 3 rings (SSSR count). The number of nitrogens with one attached hydrogen (secondary N) is 1. The Bertz CT molecular complexity index is 578. The number of nitrogens with zero attached hydrogens (tertiary/aromatic N) is 3. The molecule has 0 saturated carbocycles. The number of carbonyl (C=O) groups excluding carboxylic acids is 1. The van der Waals surface area contributed by atoms with Crippen LogP contribution in [0.5, 0.6) is 0 Å². The predicted octanol–water partition coefficient (Wildman–Crippen LogP) is 1.38. The molecule has 1 aromatic rings. The average Bonchev–Trinajstić information content (AvgIpc) is 3.05. The van der Waals surface area contributed by atoms with Crippen molar-refractivity contribution in [1.82, 2.24) is 20.1 Å². The van der Waals surface area contributed by atoms with E-state index in [0.717, 1.165) is 43.5 Å². The summed E-state index contributed by atoms with van der Waals surface area (Å²) in [6.07, 6.45) is 1.05. The smallest absolute Gasteiger partial charge is 0.317 e. The predicted molar refractivity (Wildman–Crippen MR) is 96.6 cm³/mol. The second kappa shape index (κ2) is 7.99. The fraction of sp³-hybridized carbons (Fsp3) is 0.765. The summed E-state index contributed by atoms with van der Waals surface area (Å²) < 4.78 is 5.37. The molecule has 0 aliphatic carbocycles. The quantitative estimate of drug-likeness (QED) is 0.839. The Kier molecular flexibility index (Phi) is 5.93. The molecule has 1 aromatic heterocycles. The SMILES string of the molecule is CC(C)NC(=O)N1CCC(O)(c2csc(CN3CCOCC3)n2)CC1. The van der Waals surface area contributed by atoms with Crippen LogP contribution in [0.4, 0.5) is 4.79 Å². The van der Waals surface area contributed by atoms with Crippen molar-refractivity contribution in [3.8, 4) is 0 Å². The van der Waals surface area contributed by atoms with Crippen LogP contribution in [-0.4, -0.2) is 71.4 Å². The highest BCUT2D eigenvalue weighted by Crippen LogP contribution is 2.33. The number of thiazole rings is 1. The summed E-state index contributed by atoms with van der Waals surface area (Å²) in [4.78, 5) is 20.9. The molecule has 0 spiro atoms. The molecule has 2 amide bonds. The third kappa shape index (κ3) is 4.69. The molecule has 2 N–H and O–H groups in total. The largest absolute Gasteiger partial charge is 0.383 e. The Hall–Kier alpha value is -1.22. The molecule has 25 heavy (non-hydrogen) atoms. The van der Waals surface area contributed by atoms with Gasteiger partial charge >= 0.3 is 6.03 Å². The number of rotatable bonds is 4. The van der Waals surface area contributed by atoms with E-state index in [1.165, 1.54) is 0 Å². The monoisotopic (exact) mass is 368 g/mol. The van der Waals surface area contributed by atoms with Crippen molar-refractivity contribution in [2.24, 2.45) is 0 Å². The van der Waals surface area contributed by atoms with Crippen molar-refractivity contribution in [2.75, 3.05) is 39.4 Å². The van der Waals surface area contributed by atoms with Crippen molar-refractivity contribution in [3.05, 3.63) is 16.1 Å². The van der Waals surface area contributed by atoms with Crippen molar-refractivity contribution in [1.29, 1.82) is 0 Å². The Morgan fingerprint density at radius 3 is 2.68 bits per heavy atom. The maximum atomic E-state index is 12.1. The summed E-state index contributed by atoms with van der Waals surface area (Å²) in [5.74, 6) is 0. The van der Waals surface area contributed by atoms with Gasteiger partial charge in [0.25, 0.3) is 0 Å². The lowest BCUT2D eigenvalue weighted by Gasteiger charge is -2.37. The number of hydrogen-bond donors (Lipinski definition) is 2. The van der Waals surface area contributed by atoms with E-state index in [9.17, 15) is 9.90 Å². The van der Waals surface area contributed by atoms with Gasteiger partial charge in [-0.25, -0.2) is 9.78 Å². The molecular formula is C17H28N4O3S. The first-order chi connectivity index (χ1) is 12.0. The van der Waals surface area contributed by atoms with Crippen LogP contribution in [0.2, 0.25) is 0 Å². The zero-order chi connectivity index (χ0) is 17.9. The lowest BCUT2D eigenvalue weighted by atomic mass is 9.89. The minimum absolute atomic E-state index is 0.0525. The van der Waals surface area contributed by atoms with Gasteiger partial charge in [-0.3, -0.25) is 4.90 Å². The molecule has 2 saturated heterocycles. The average molecular weight is 369 g/mol. The first kappa shape index (κ1) is 18.6. The molecule has 2 fully saturated rings. The first-order valence-corrected chi connectivity index (χ1v) is 9.87. The number of morpholine rings is 1. The zero-order valence-electron chi connectivity index (χ0n) is 15.0. The fourth-order valence-corrected chi connectivity index (χ4v) is 4.15.